The molecule has 0 aromatic heterocycles. The van der Waals surface area contributed by atoms with E-state index < -0.39 is 9.85 Å². The number of nitro benzene ring substituents is 2. The van der Waals surface area contributed by atoms with Gasteiger partial charge in [-0.1, -0.05) is 18.2 Å². The van der Waals surface area contributed by atoms with Gasteiger partial charge in [0, 0.05) is 22.9 Å². The van der Waals surface area contributed by atoms with Crippen LogP contribution in [0, 0.1) is 20.2 Å². The fourth-order valence-corrected chi connectivity index (χ4v) is 2.85. The van der Waals surface area contributed by atoms with E-state index in [1.54, 1.807) is 24.3 Å². The molecule has 0 saturated carbocycles. The lowest BCUT2D eigenvalue weighted by Gasteiger charge is -2.12. The molecule has 122 valence electrons. The number of fused-ring (bicyclic) bond motifs is 3. The topological polar surface area (TPSA) is 105 Å². The Morgan fingerprint density at radius 2 is 1.46 bits per heavy atom. The predicted molar refractivity (Wildman–Crippen MR) is 87.9 cm³/mol. The standard InChI is InChI=1S/C16H12N2O6/c1-23-13-8-14(24-2)16(18(21)22)15-10-6-4-3-5-9(10)12(17(19)20)7-11(13)15/h3-8H,1-2H3. The monoisotopic (exact) mass is 328 g/mol. The Hall–Kier alpha value is -3.42. The minimum absolute atomic E-state index is 0.0309. The van der Waals surface area contributed by atoms with Crippen molar-refractivity contribution in [2.45, 2.75) is 0 Å². The van der Waals surface area contributed by atoms with Crippen LogP contribution in [-0.2, 0) is 0 Å². The molecule has 0 unspecified atom stereocenters. The van der Waals surface area contributed by atoms with Crippen LogP contribution in [0.1, 0.15) is 0 Å². The molecule has 0 saturated heterocycles. The first kappa shape index (κ1) is 15.5. The Labute approximate surface area is 135 Å². The van der Waals surface area contributed by atoms with Crippen molar-refractivity contribution < 1.29 is 19.3 Å². The lowest BCUT2D eigenvalue weighted by atomic mass is 9.98. The van der Waals surface area contributed by atoms with Gasteiger partial charge >= 0.3 is 5.69 Å². The number of nitrogens with zero attached hydrogens (tertiary/aromatic N) is 2. The van der Waals surface area contributed by atoms with Crippen molar-refractivity contribution in [2.75, 3.05) is 14.2 Å². The molecule has 0 bridgehead atoms. The second-order valence-electron chi connectivity index (χ2n) is 5.01. The number of non-ortho nitro benzene ring substituents is 1. The van der Waals surface area contributed by atoms with Gasteiger partial charge in [0.25, 0.3) is 5.69 Å². The maximum absolute atomic E-state index is 11.6. The highest BCUT2D eigenvalue weighted by Gasteiger charge is 2.27. The van der Waals surface area contributed by atoms with E-state index >= 15 is 0 Å². The van der Waals surface area contributed by atoms with Gasteiger partial charge in [0.2, 0.25) is 5.75 Å². The molecule has 3 rings (SSSR count). The lowest BCUT2D eigenvalue weighted by molar-refractivity contribution is -0.384. The molecule has 0 fully saturated rings. The number of benzene rings is 3. The summed E-state index contributed by atoms with van der Waals surface area (Å²) in [6, 6.07) is 9.13. The molecular formula is C16H12N2O6. The van der Waals surface area contributed by atoms with Crippen LogP contribution in [0.5, 0.6) is 11.5 Å². The van der Waals surface area contributed by atoms with Gasteiger partial charge in [0.05, 0.1) is 34.8 Å². The molecular weight excluding hydrogens is 316 g/mol. The molecule has 8 heteroatoms. The molecule has 0 radical (unpaired) electrons. The smallest absolute Gasteiger partial charge is 0.319 e. The van der Waals surface area contributed by atoms with Crippen molar-refractivity contribution in [3.05, 3.63) is 56.6 Å². The molecule has 8 nitrogen and oxygen atoms in total. The van der Waals surface area contributed by atoms with Crippen molar-refractivity contribution in [2.24, 2.45) is 0 Å². The van der Waals surface area contributed by atoms with Crippen molar-refractivity contribution >= 4 is 32.9 Å². The average molecular weight is 328 g/mol. The first-order valence-electron chi connectivity index (χ1n) is 6.88. The zero-order valence-corrected chi connectivity index (χ0v) is 12.8. The van der Waals surface area contributed by atoms with E-state index in [4.69, 9.17) is 9.47 Å². The fraction of sp³-hybridized carbons (Fsp3) is 0.125. The van der Waals surface area contributed by atoms with E-state index in [2.05, 4.69) is 0 Å². The van der Waals surface area contributed by atoms with Crippen LogP contribution in [-0.4, -0.2) is 24.1 Å². The van der Waals surface area contributed by atoms with Crippen molar-refractivity contribution in [1.29, 1.82) is 0 Å². The SMILES string of the molecule is COc1cc(OC)c2cc([N+](=O)[O-])c3ccccc3c2c1[N+](=O)[O-]. The minimum Gasteiger partial charge on any atom is -0.496 e. The molecule has 0 spiro atoms. The van der Waals surface area contributed by atoms with E-state index in [0.717, 1.165) is 0 Å². The summed E-state index contributed by atoms with van der Waals surface area (Å²) in [7, 11) is 2.71. The first-order valence-corrected chi connectivity index (χ1v) is 6.88. The van der Waals surface area contributed by atoms with E-state index in [1.807, 2.05) is 0 Å². The summed E-state index contributed by atoms with van der Waals surface area (Å²) in [6.07, 6.45) is 0. The summed E-state index contributed by atoms with van der Waals surface area (Å²) in [5.74, 6) is 0.296. The molecule has 0 atom stereocenters. The van der Waals surface area contributed by atoms with Crippen LogP contribution in [0.2, 0.25) is 0 Å². The predicted octanol–water partition coefficient (Wildman–Crippen LogP) is 3.83. The van der Waals surface area contributed by atoms with Crippen LogP contribution < -0.4 is 9.47 Å². The van der Waals surface area contributed by atoms with Crippen LogP contribution in [0.3, 0.4) is 0 Å². The van der Waals surface area contributed by atoms with E-state index in [1.165, 1.54) is 26.4 Å². The second-order valence-corrected chi connectivity index (χ2v) is 5.01. The van der Waals surface area contributed by atoms with Crippen LogP contribution in [0.25, 0.3) is 21.5 Å². The second kappa shape index (κ2) is 5.65. The van der Waals surface area contributed by atoms with E-state index in [9.17, 15) is 20.2 Å². The normalized spacial score (nSPS) is 10.8. The average Bonchev–Trinajstić information content (AvgIpc) is 2.58. The molecule has 0 amide bonds. The Balaban J connectivity index is 2.67. The van der Waals surface area contributed by atoms with Gasteiger partial charge < -0.3 is 9.47 Å². The largest absolute Gasteiger partial charge is 0.496 e. The number of rotatable bonds is 4. The minimum atomic E-state index is -0.557. The maximum atomic E-state index is 11.6. The molecule has 24 heavy (non-hydrogen) atoms. The molecule has 0 heterocycles. The van der Waals surface area contributed by atoms with Crippen molar-refractivity contribution in [3.8, 4) is 11.5 Å². The highest BCUT2D eigenvalue weighted by atomic mass is 16.6. The van der Waals surface area contributed by atoms with Crippen LogP contribution in [0.4, 0.5) is 11.4 Å². The Morgan fingerprint density at radius 3 is 2.00 bits per heavy atom. The Kier molecular flexibility index (Phi) is 3.64. The Morgan fingerprint density at radius 1 is 0.833 bits per heavy atom. The van der Waals surface area contributed by atoms with E-state index in [0.29, 0.717) is 10.8 Å². The number of nitro groups is 2. The highest BCUT2D eigenvalue weighted by molar-refractivity contribution is 6.18. The van der Waals surface area contributed by atoms with Crippen LogP contribution in [0.15, 0.2) is 36.4 Å². The number of methoxy groups -OCH3 is 2. The highest BCUT2D eigenvalue weighted by Crippen LogP contribution is 2.46. The molecule has 0 aliphatic heterocycles. The summed E-state index contributed by atoms with van der Waals surface area (Å²) in [4.78, 5) is 21.9. The number of hydrogen-bond donors (Lipinski definition) is 0. The summed E-state index contributed by atoms with van der Waals surface area (Å²) in [5.41, 5.74) is -0.393. The summed E-state index contributed by atoms with van der Waals surface area (Å²) in [6.45, 7) is 0. The lowest BCUT2D eigenvalue weighted by Crippen LogP contribution is -1.99. The Bertz CT molecular complexity index is 999. The zero-order chi connectivity index (χ0) is 17.4. The number of ether oxygens (including phenoxy) is 2. The molecule has 0 aliphatic carbocycles. The van der Waals surface area contributed by atoms with Crippen molar-refractivity contribution in [1.82, 2.24) is 0 Å². The van der Waals surface area contributed by atoms with E-state index in [-0.39, 0.29) is 33.6 Å². The zero-order valence-electron chi connectivity index (χ0n) is 12.8. The third kappa shape index (κ3) is 2.16. The van der Waals surface area contributed by atoms with Crippen LogP contribution >= 0.6 is 0 Å². The summed E-state index contributed by atoms with van der Waals surface area (Å²) in [5, 5.41) is 24.3. The first-order chi connectivity index (χ1) is 11.5. The van der Waals surface area contributed by atoms with Gasteiger partial charge in [-0.2, -0.15) is 0 Å². The van der Waals surface area contributed by atoms with Gasteiger partial charge in [-0.3, -0.25) is 20.2 Å². The maximum Gasteiger partial charge on any atom is 0.319 e. The molecule has 3 aromatic carbocycles. The van der Waals surface area contributed by atoms with Gasteiger partial charge in [0.15, 0.2) is 0 Å². The number of hydrogen-bond acceptors (Lipinski definition) is 6. The van der Waals surface area contributed by atoms with Gasteiger partial charge in [-0.05, 0) is 6.07 Å². The molecule has 0 N–H and O–H groups in total. The third-order valence-corrected chi connectivity index (χ3v) is 3.84. The summed E-state index contributed by atoms with van der Waals surface area (Å²) >= 11 is 0. The van der Waals surface area contributed by atoms with Gasteiger partial charge in [0.1, 0.15) is 5.75 Å². The van der Waals surface area contributed by atoms with Crippen molar-refractivity contribution in [3.63, 3.8) is 0 Å². The fourth-order valence-electron chi connectivity index (χ4n) is 2.85. The van der Waals surface area contributed by atoms with Gasteiger partial charge in [-0.25, -0.2) is 0 Å². The third-order valence-electron chi connectivity index (χ3n) is 3.84. The molecule has 3 aromatic rings. The quantitative estimate of drug-likeness (QED) is 0.409. The van der Waals surface area contributed by atoms with Gasteiger partial charge in [-0.15, -0.1) is 0 Å². The summed E-state index contributed by atoms with van der Waals surface area (Å²) < 4.78 is 10.4. The molecule has 0 aliphatic rings.